The van der Waals surface area contributed by atoms with E-state index in [1.807, 2.05) is 6.07 Å². The minimum Gasteiger partial charge on any atom is -0.468 e. The van der Waals surface area contributed by atoms with Crippen LogP contribution in [0.25, 0.3) is 5.52 Å². The Morgan fingerprint density at radius 3 is 2.34 bits per heavy atom. The predicted molar refractivity (Wildman–Crippen MR) is 164 cm³/mol. The fourth-order valence-electron chi connectivity index (χ4n) is 4.62. The van der Waals surface area contributed by atoms with E-state index in [-0.39, 0.29) is 17.3 Å². The second kappa shape index (κ2) is 14.5. The smallest absolute Gasteiger partial charge is 0.459 e. The number of esters is 3. The van der Waals surface area contributed by atoms with Crippen LogP contribution in [0.4, 0.5) is 5.82 Å². The van der Waals surface area contributed by atoms with E-state index in [1.165, 1.54) is 29.9 Å². The number of hydrogen-bond acceptors (Lipinski definition) is 14. The van der Waals surface area contributed by atoms with Gasteiger partial charge < -0.3 is 29.2 Å². The van der Waals surface area contributed by atoms with E-state index in [4.69, 9.17) is 33.7 Å². The van der Waals surface area contributed by atoms with Crippen molar-refractivity contribution in [2.24, 2.45) is 11.8 Å². The molecule has 47 heavy (non-hydrogen) atoms. The molecule has 0 radical (unpaired) electrons. The maximum absolute atomic E-state index is 14.2. The van der Waals surface area contributed by atoms with Gasteiger partial charge in [-0.05, 0) is 31.2 Å². The predicted octanol–water partition coefficient (Wildman–Crippen LogP) is 3.14. The summed E-state index contributed by atoms with van der Waals surface area (Å²) in [6.07, 6.45) is -3.10. The largest absolute Gasteiger partial charge is 0.468 e. The number of hydrogen-bond donors (Lipinski definition) is 2. The Kier molecular flexibility index (Phi) is 10.9. The maximum Gasteiger partial charge on any atom is 0.459 e. The van der Waals surface area contributed by atoms with Gasteiger partial charge in [0.05, 0.1) is 24.6 Å². The fraction of sp³-hybridized carbons (Fsp3) is 0.467. The normalized spacial score (nSPS) is 22.7. The van der Waals surface area contributed by atoms with E-state index in [9.17, 15) is 24.2 Å². The van der Waals surface area contributed by atoms with Crippen LogP contribution in [0.1, 0.15) is 46.4 Å². The molecule has 1 aromatic carbocycles. The third-order valence-corrected chi connectivity index (χ3v) is 8.77. The molecular weight excluding hydrogens is 635 g/mol. The van der Waals surface area contributed by atoms with Gasteiger partial charge in [-0.15, -0.1) is 0 Å². The summed E-state index contributed by atoms with van der Waals surface area (Å²) in [4.78, 5) is 42.3. The van der Waals surface area contributed by atoms with Crippen LogP contribution in [0.15, 0.2) is 48.8 Å². The number of fused-ring (bicyclic) bond motifs is 1. The van der Waals surface area contributed by atoms with E-state index < -0.39 is 74.1 Å². The van der Waals surface area contributed by atoms with Crippen LogP contribution in [0.3, 0.4) is 0 Å². The average Bonchev–Trinajstić information content (AvgIpc) is 3.60. The van der Waals surface area contributed by atoms with Crippen LogP contribution in [0.2, 0.25) is 0 Å². The van der Waals surface area contributed by atoms with E-state index in [1.54, 1.807) is 58.0 Å². The molecule has 252 valence electrons. The Morgan fingerprint density at radius 1 is 1.06 bits per heavy atom. The van der Waals surface area contributed by atoms with Gasteiger partial charge in [-0.25, -0.2) is 14.1 Å². The topological polar surface area (TPSA) is 216 Å². The number of aromatic nitrogens is 3. The highest BCUT2D eigenvalue weighted by Crippen LogP contribution is 2.50. The molecule has 3 N–H and O–H groups in total. The number of anilines is 1. The van der Waals surface area contributed by atoms with Gasteiger partial charge in [0.2, 0.25) is 5.60 Å². The zero-order valence-corrected chi connectivity index (χ0v) is 27.6. The summed E-state index contributed by atoms with van der Waals surface area (Å²) in [5.41, 5.74) is 4.46. The summed E-state index contributed by atoms with van der Waals surface area (Å²) in [7, 11) is -3.36. The SMILES string of the molecule is COC(=O)[C@H](C)N[P@](=O)(OC[C@@]1(C#N)O[C@@H](c2ccc3c(N)ncnn23)[C@@H](OC(=O)C(C)C)C1OC(=O)C(C)C)Oc1ccccc1. The van der Waals surface area contributed by atoms with E-state index in [0.717, 1.165) is 7.11 Å². The Labute approximate surface area is 271 Å². The molecule has 3 aromatic rings. The molecule has 0 spiro atoms. The highest BCUT2D eigenvalue weighted by molar-refractivity contribution is 7.52. The lowest BCUT2D eigenvalue weighted by Crippen LogP contribution is -2.50. The summed E-state index contributed by atoms with van der Waals surface area (Å²) >= 11 is 0. The first kappa shape index (κ1) is 35.3. The van der Waals surface area contributed by atoms with Gasteiger partial charge in [0.15, 0.2) is 18.0 Å². The second-order valence-electron chi connectivity index (χ2n) is 11.4. The number of nitrogen functional groups attached to an aromatic ring is 1. The number of benzene rings is 1. The van der Waals surface area contributed by atoms with Gasteiger partial charge in [0.1, 0.15) is 42.4 Å². The molecule has 1 aliphatic heterocycles. The van der Waals surface area contributed by atoms with Crippen molar-refractivity contribution in [3.63, 3.8) is 0 Å². The van der Waals surface area contributed by atoms with Crippen LogP contribution < -0.4 is 15.3 Å². The molecule has 17 heteroatoms. The number of nitrogens with one attached hydrogen (secondary N) is 1. The number of carbonyl (C=O) groups is 3. The minimum absolute atomic E-state index is 0.111. The van der Waals surface area contributed by atoms with Crippen LogP contribution >= 0.6 is 7.75 Å². The molecule has 4 rings (SSSR count). The molecule has 0 aliphatic carbocycles. The number of methoxy groups -OCH3 is 1. The molecule has 1 unspecified atom stereocenters. The fourth-order valence-corrected chi connectivity index (χ4v) is 6.14. The molecular formula is C30H37N6O10P. The average molecular weight is 673 g/mol. The van der Waals surface area contributed by atoms with Crippen molar-refractivity contribution in [1.82, 2.24) is 19.7 Å². The minimum atomic E-state index is -4.51. The van der Waals surface area contributed by atoms with Gasteiger partial charge in [-0.2, -0.15) is 15.4 Å². The summed E-state index contributed by atoms with van der Waals surface area (Å²) in [6, 6.07) is 12.0. The number of nitrogens with two attached hydrogens (primary N) is 1. The summed E-state index contributed by atoms with van der Waals surface area (Å²) in [5, 5.41) is 17.4. The Bertz CT molecular complexity index is 1690. The second-order valence-corrected chi connectivity index (χ2v) is 13.1. The van der Waals surface area contributed by atoms with Crippen molar-refractivity contribution in [1.29, 1.82) is 5.26 Å². The molecule has 1 fully saturated rings. The zero-order valence-electron chi connectivity index (χ0n) is 26.7. The maximum atomic E-state index is 14.2. The quantitative estimate of drug-likeness (QED) is 0.151. The molecule has 0 amide bonds. The molecule has 6 atom stereocenters. The highest BCUT2D eigenvalue weighted by Gasteiger charge is 2.62. The van der Waals surface area contributed by atoms with Gasteiger partial charge >= 0.3 is 25.7 Å². The lowest BCUT2D eigenvalue weighted by molar-refractivity contribution is -0.173. The number of nitriles is 1. The first-order chi connectivity index (χ1) is 22.2. The van der Waals surface area contributed by atoms with Crippen molar-refractivity contribution in [2.75, 3.05) is 19.5 Å². The lowest BCUT2D eigenvalue weighted by atomic mass is 9.95. The molecule has 2 aromatic heterocycles. The van der Waals surface area contributed by atoms with Crippen molar-refractivity contribution >= 4 is 37.0 Å². The number of rotatable bonds is 13. The number of nitrogens with zero attached hydrogens (tertiary/aromatic N) is 4. The first-order valence-electron chi connectivity index (χ1n) is 14.7. The van der Waals surface area contributed by atoms with Crippen LogP contribution in [-0.4, -0.2) is 70.1 Å². The van der Waals surface area contributed by atoms with Crippen LogP contribution in [0, 0.1) is 23.2 Å². The molecule has 0 saturated carbocycles. The zero-order chi connectivity index (χ0) is 34.5. The van der Waals surface area contributed by atoms with Crippen LogP contribution in [0.5, 0.6) is 5.75 Å². The number of carbonyl (C=O) groups excluding carboxylic acids is 3. The standard InChI is InChI=1S/C30H37N6O10P/c1-17(2)27(37)43-24-23(21-12-13-22-26(32)33-16-34-36(21)22)45-30(14-31,25(24)44-28(38)18(3)4)15-42-47(40,35-19(5)29(39)41-6)46-20-10-8-7-9-11-20/h7-13,16-19,23-25H,15H2,1-6H3,(H,35,40)(H2,32,33,34)/t19-,23-,24+,25?,30+,47-/m0/s1. The molecule has 3 heterocycles. The molecule has 1 aliphatic rings. The van der Waals surface area contributed by atoms with Crippen molar-refractivity contribution in [2.45, 2.75) is 64.6 Å². The number of ether oxygens (including phenoxy) is 4. The molecule has 0 bridgehead atoms. The summed E-state index contributed by atoms with van der Waals surface area (Å²) < 4.78 is 49.8. The van der Waals surface area contributed by atoms with Gasteiger partial charge in [0, 0.05) is 0 Å². The molecule has 1 saturated heterocycles. The first-order valence-corrected chi connectivity index (χ1v) is 16.2. The number of para-hydroxylation sites is 1. The van der Waals surface area contributed by atoms with Crippen molar-refractivity contribution < 1.29 is 46.9 Å². The van der Waals surface area contributed by atoms with Crippen molar-refractivity contribution in [3.05, 3.63) is 54.5 Å². The van der Waals surface area contributed by atoms with Crippen molar-refractivity contribution in [3.8, 4) is 11.8 Å². The van der Waals surface area contributed by atoms with E-state index in [0.29, 0.717) is 5.52 Å². The Morgan fingerprint density at radius 2 is 1.72 bits per heavy atom. The third kappa shape index (κ3) is 7.71. The third-order valence-electron chi connectivity index (χ3n) is 7.15. The van der Waals surface area contributed by atoms with Gasteiger partial charge in [0.25, 0.3) is 0 Å². The van der Waals surface area contributed by atoms with E-state index >= 15 is 0 Å². The Balaban J connectivity index is 1.81. The van der Waals surface area contributed by atoms with Gasteiger partial charge in [-0.1, -0.05) is 45.9 Å². The lowest BCUT2D eigenvalue weighted by Gasteiger charge is -2.31. The summed E-state index contributed by atoms with van der Waals surface area (Å²) in [5.74, 6) is -3.21. The van der Waals surface area contributed by atoms with Gasteiger partial charge in [-0.3, -0.25) is 18.9 Å². The molecule has 16 nitrogen and oxygen atoms in total. The Hall–Kier alpha value is -4.55. The highest BCUT2D eigenvalue weighted by atomic mass is 31.2. The van der Waals surface area contributed by atoms with E-state index in [2.05, 4.69) is 15.2 Å². The van der Waals surface area contributed by atoms with Crippen LogP contribution in [-0.2, 0) is 42.4 Å². The summed E-state index contributed by atoms with van der Waals surface area (Å²) in [6.45, 7) is 6.89. The monoisotopic (exact) mass is 672 g/mol.